The predicted molar refractivity (Wildman–Crippen MR) is 105 cm³/mol. The molecule has 0 spiro atoms. The molecule has 1 aliphatic rings. The molecule has 2 aromatic heterocycles. The quantitative estimate of drug-likeness (QED) is 0.600. The minimum atomic E-state index is -0.382. The maximum atomic E-state index is 12.0. The summed E-state index contributed by atoms with van der Waals surface area (Å²) >= 11 is 0. The van der Waals surface area contributed by atoms with E-state index in [9.17, 15) is 9.59 Å². The van der Waals surface area contributed by atoms with Crippen LogP contribution in [-0.4, -0.2) is 39.4 Å². The summed E-state index contributed by atoms with van der Waals surface area (Å²) in [6.07, 6.45) is 3.90. The van der Waals surface area contributed by atoms with Gasteiger partial charge >= 0.3 is 5.69 Å². The molecule has 0 unspecified atom stereocenters. The number of rotatable bonds is 6. The first-order valence-corrected chi connectivity index (χ1v) is 9.51. The molecule has 0 radical (unpaired) electrons. The Kier molecular flexibility index (Phi) is 5.04. The van der Waals surface area contributed by atoms with E-state index in [1.165, 1.54) is 23.5 Å². The average Bonchev–Trinajstić information content (AvgIpc) is 3.08. The number of hydrogen-bond acceptors (Lipinski definition) is 6. The van der Waals surface area contributed by atoms with Gasteiger partial charge in [-0.3, -0.25) is 14.3 Å². The van der Waals surface area contributed by atoms with Crippen molar-refractivity contribution >= 4 is 11.0 Å². The second-order valence-corrected chi connectivity index (χ2v) is 7.12. The molecule has 0 aliphatic carbocycles. The van der Waals surface area contributed by atoms with Gasteiger partial charge in [0, 0.05) is 31.1 Å². The summed E-state index contributed by atoms with van der Waals surface area (Å²) in [6, 6.07) is 6.01. The summed E-state index contributed by atoms with van der Waals surface area (Å²) in [5, 5.41) is 5.07. The molecular formula is C20H24N4O4. The Hall–Kier alpha value is -2.87. The summed E-state index contributed by atoms with van der Waals surface area (Å²) in [5.41, 5.74) is 1.36. The Morgan fingerprint density at radius 3 is 2.86 bits per heavy atom. The Morgan fingerprint density at radius 2 is 2.04 bits per heavy atom. The highest BCUT2D eigenvalue weighted by atomic mass is 16.5. The molecule has 0 saturated heterocycles. The fourth-order valence-electron chi connectivity index (χ4n) is 3.77. The van der Waals surface area contributed by atoms with E-state index >= 15 is 0 Å². The number of hydrogen-bond donors (Lipinski definition) is 0. The minimum Gasteiger partial charge on any atom is -0.493 e. The lowest BCUT2D eigenvalue weighted by Crippen LogP contribution is -2.39. The van der Waals surface area contributed by atoms with Crippen molar-refractivity contribution in [3.8, 4) is 5.75 Å². The van der Waals surface area contributed by atoms with Gasteiger partial charge < -0.3 is 9.15 Å². The van der Waals surface area contributed by atoms with Crippen molar-refractivity contribution in [1.82, 2.24) is 19.2 Å². The van der Waals surface area contributed by atoms with Crippen molar-refractivity contribution in [1.29, 1.82) is 0 Å². The molecule has 0 saturated carbocycles. The second kappa shape index (κ2) is 7.63. The molecule has 1 aliphatic heterocycles. The number of para-hydroxylation sites is 1. The fourth-order valence-corrected chi connectivity index (χ4v) is 3.77. The van der Waals surface area contributed by atoms with Gasteiger partial charge in [-0.15, -0.1) is 0 Å². The molecular weight excluding hydrogens is 360 g/mol. The Morgan fingerprint density at radius 1 is 1.21 bits per heavy atom. The highest BCUT2D eigenvalue weighted by molar-refractivity contribution is 5.87. The van der Waals surface area contributed by atoms with Gasteiger partial charge in [-0.25, -0.2) is 9.48 Å². The van der Waals surface area contributed by atoms with Crippen LogP contribution in [0, 0.1) is 0 Å². The SMILES string of the molecule is COc1cccc2c3c(oc12)CN(CCCCn1ncc(=O)n(C)c1=O)CC3. The van der Waals surface area contributed by atoms with Crippen molar-refractivity contribution < 1.29 is 9.15 Å². The Bertz CT molecular complexity index is 1110. The topological polar surface area (TPSA) is 82.5 Å². The number of benzene rings is 1. The Labute approximate surface area is 161 Å². The highest BCUT2D eigenvalue weighted by Gasteiger charge is 2.23. The van der Waals surface area contributed by atoms with Gasteiger partial charge in [0.2, 0.25) is 0 Å². The molecule has 28 heavy (non-hydrogen) atoms. The predicted octanol–water partition coefficient (Wildman–Crippen LogP) is 1.54. The first-order valence-electron chi connectivity index (χ1n) is 9.51. The van der Waals surface area contributed by atoms with Gasteiger partial charge in [0.1, 0.15) is 12.0 Å². The molecule has 4 rings (SSSR count). The third-order valence-electron chi connectivity index (χ3n) is 5.37. The summed E-state index contributed by atoms with van der Waals surface area (Å²) in [6.45, 7) is 3.20. The van der Waals surface area contributed by atoms with Crippen LogP contribution >= 0.6 is 0 Å². The lowest BCUT2D eigenvalue weighted by molar-refractivity contribution is 0.225. The number of methoxy groups -OCH3 is 1. The number of aryl methyl sites for hydroxylation is 1. The molecule has 0 atom stereocenters. The number of unbranched alkanes of at least 4 members (excludes halogenated alkanes) is 1. The molecule has 3 heterocycles. The van der Waals surface area contributed by atoms with Gasteiger partial charge in [0.25, 0.3) is 5.56 Å². The van der Waals surface area contributed by atoms with Gasteiger partial charge in [0.05, 0.1) is 13.7 Å². The van der Waals surface area contributed by atoms with Crippen molar-refractivity contribution in [3.63, 3.8) is 0 Å². The van der Waals surface area contributed by atoms with Gasteiger partial charge in [0.15, 0.2) is 11.3 Å². The zero-order valence-corrected chi connectivity index (χ0v) is 16.2. The lowest BCUT2D eigenvalue weighted by atomic mass is 10.0. The van der Waals surface area contributed by atoms with E-state index in [1.54, 1.807) is 7.11 Å². The van der Waals surface area contributed by atoms with Crippen molar-refractivity contribution in [2.75, 3.05) is 20.2 Å². The molecule has 0 bridgehead atoms. The first kappa shape index (κ1) is 18.5. The number of nitrogens with zero attached hydrogens (tertiary/aromatic N) is 4. The van der Waals surface area contributed by atoms with Crippen LogP contribution in [-0.2, 0) is 26.6 Å². The molecule has 0 fully saturated rings. The van der Waals surface area contributed by atoms with E-state index in [1.807, 2.05) is 12.1 Å². The van der Waals surface area contributed by atoms with Crippen LogP contribution in [0.25, 0.3) is 11.0 Å². The third-order valence-corrected chi connectivity index (χ3v) is 5.37. The maximum absolute atomic E-state index is 12.0. The monoisotopic (exact) mass is 384 g/mol. The second-order valence-electron chi connectivity index (χ2n) is 7.12. The zero-order valence-electron chi connectivity index (χ0n) is 16.2. The van der Waals surface area contributed by atoms with E-state index < -0.39 is 0 Å². The molecule has 0 amide bonds. The maximum Gasteiger partial charge on any atom is 0.347 e. The number of ether oxygens (including phenoxy) is 1. The number of aromatic nitrogens is 3. The van der Waals surface area contributed by atoms with Crippen LogP contribution in [0.2, 0.25) is 0 Å². The van der Waals surface area contributed by atoms with Crippen LogP contribution in [0.3, 0.4) is 0 Å². The zero-order chi connectivity index (χ0) is 19.7. The largest absolute Gasteiger partial charge is 0.493 e. The van der Waals surface area contributed by atoms with Gasteiger partial charge in [-0.2, -0.15) is 5.10 Å². The minimum absolute atomic E-state index is 0.369. The van der Waals surface area contributed by atoms with Crippen LogP contribution in [0.5, 0.6) is 5.75 Å². The first-order chi connectivity index (χ1) is 13.6. The summed E-state index contributed by atoms with van der Waals surface area (Å²) < 4.78 is 13.9. The molecule has 3 aromatic rings. The normalized spacial score (nSPS) is 14.4. The van der Waals surface area contributed by atoms with Gasteiger partial charge in [-0.1, -0.05) is 12.1 Å². The number of fused-ring (bicyclic) bond motifs is 3. The average molecular weight is 384 g/mol. The van der Waals surface area contributed by atoms with E-state index in [2.05, 4.69) is 16.1 Å². The van der Waals surface area contributed by atoms with E-state index in [4.69, 9.17) is 9.15 Å². The van der Waals surface area contributed by atoms with E-state index in [-0.39, 0.29) is 11.2 Å². The number of furan rings is 1. The highest BCUT2D eigenvalue weighted by Crippen LogP contribution is 2.35. The van der Waals surface area contributed by atoms with Crippen LogP contribution in [0.15, 0.2) is 38.4 Å². The van der Waals surface area contributed by atoms with Crippen molar-refractivity contribution in [3.05, 3.63) is 56.6 Å². The molecule has 148 valence electrons. The van der Waals surface area contributed by atoms with Crippen molar-refractivity contribution in [2.24, 2.45) is 7.05 Å². The van der Waals surface area contributed by atoms with Gasteiger partial charge in [-0.05, 0) is 31.9 Å². The fraction of sp³-hybridized carbons (Fsp3) is 0.450. The molecule has 8 heteroatoms. The standard InChI is InChI=1S/C20H24N4O4/c1-22-18(25)12-21-24(20(22)26)10-4-3-9-23-11-8-14-15-6-5-7-16(27-2)19(15)28-17(14)13-23/h5-7,12H,3-4,8-11,13H2,1-2H3. The third kappa shape index (κ3) is 3.35. The Balaban J connectivity index is 1.36. The van der Waals surface area contributed by atoms with Crippen LogP contribution < -0.4 is 16.0 Å². The van der Waals surface area contributed by atoms with Crippen molar-refractivity contribution in [2.45, 2.75) is 32.4 Å². The van der Waals surface area contributed by atoms with Crippen LogP contribution in [0.4, 0.5) is 0 Å². The molecule has 0 N–H and O–H groups in total. The lowest BCUT2D eigenvalue weighted by Gasteiger charge is -2.25. The summed E-state index contributed by atoms with van der Waals surface area (Å²) in [4.78, 5) is 25.8. The van der Waals surface area contributed by atoms with Crippen LogP contribution in [0.1, 0.15) is 24.2 Å². The van der Waals surface area contributed by atoms with E-state index in [0.29, 0.717) is 6.54 Å². The van der Waals surface area contributed by atoms with E-state index in [0.717, 1.165) is 65.9 Å². The summed E-state index contributed by atoms with van der Waals surface area (Å²) in [7, 11) is 3.13. The summed E-state index contributed by atoms with van der Waals surface area (Å²) in [5.74, 6) is 1.79. The smallest absolute Gasteiger partial charge is 0.347 e. The molecule has 1 aromatic carbocycles. The molecule has 8 nitrogen and oxygen atoms in total.